The van der Waals surface area contributed by atoms with Gasteiger partial charge in [0.15, 0.2) is 0 Å². The zero-order chi connectivity index (χ0) is 15.5. The summed E-state index contributed by atoms with van der Waals surface area (Å²) in [5, 5.41) is 16.0. The van der Waals surface area contributed by atoms with E-state index in [1.165, 1.54) is 25.7 Å². The molecule has 1 aliphatic heterocycles. The van der Waals surface area contributed by atoms with Gasteiger partial charge in [-0.2, -0.15) is 0 Å². The molecule has 23 heavy (non-hydrogen) atoms. The molecule has 0 bridgehead atoms. The van der Waals surface area contributed by atoms with Crippen LogP contribution in [0.2, 0.25) is 0 Å². The van der Waals surface area contributed by atoms with E-state index in [-0.39, 0.29) is 24.4 Å². The van der Waals surface area contributed by atoms with Crippen LogP contribution in [0.1, 0.15) is 56.3 Å². The molecule has 4 unspecified atom stereocenters. The Bertz CT molecular complexity index is 504. The monoisotopic (exact) mass is 338 g/mol. The molecule has 0 radical (unpaired) electrons. The van der Waals surface area contributed by atoms with E-state index in [1.54, 1.807) is 6.92 Å². The van der Waals surface area contributed by atoms with Crippen LogP contribution in [0.4, 0.5) is 0 Å². The Kier molecular flexibility index (Phi) is 6.45. The van der Waals surface area contributed by atoms with Crippen LogP contribution in [0.25, 0.3) is 0 Å². The van der Waals surface area contributed by atoms with Gasteiger partial charge in [-0.05, 0) is 43.2 Å². The number of aliphatic hydroxyl groups is 1. The minimum absolute atomic E-state index is 0. The fraction of sp³-hybridized carbons (Fsp3) is 0.611. The van der Waals surface area contributed by atoms with Crippen LogP contribution in [0, 0.1) is 5.92 Å². The molecule has 0 spiro atoms. The first kappa shape index (κ1) is 18.2. The van der Waals surface area contributed by atoms with E-state index >= 15 is 0 Å². The van der Waals surface area contributed by atoms with Crippen molar-refractivity contribution in [3.8, 4) is 0 Å². The number of carbonyl (C=O) groups excluding carboxylic acids is 1. The lowest BCUT2D eigenvalue weighted by Gasteiger charge is -2.24. The normalized spacial score (nSPS) is 27.7. The molecule has 4 nitrogen and oxygen atoms in total. The smallest absolute Gasteiger partial charge is 0.237 e. The van der Waals surface area contributed by atoms with Crippen molar-refractivity contribution in [2.45, 2.75) is 63.8 Å². The Balaban J connectivity index is 0.00000192. The van der Waals surface area contributed by atoms with Crippen molar-refractivity contribution in [3.05, 3.63) is 35.4 Å². The van der Waals surface area contributed by atoms with Crippen molar-refractivity contribution in [2.24, 2.45) is 5.92 Å². The summed E-state index contributed by atoms with van der Waals surface area (Å²) in [7, 11) is 0. The van der Waals surface area contributed by atoms with E-state index in [4.69, 9.17) is 0 Å². The maximum atomic E-state index is 12.3. The van der Waals surface area contributed by atoms with E-state index < -0.39 is 6.10 Å². The van der Waals surface area contributed by atoms with Crippen molar-refractivity contribution < 1.29 is 9.90 Å². The zero-order valence-corrected chi connectivity index (χ0v) is 14.4. The standard InChI is InChI=1S/C18H26N2O2.ClH/c1-12(21)14-8-6-13(7-9-14)11-19-18(22)17-10-15-4-2-3-5-16(15)20-17;/h6-9,12,15-17,20-21H,2-5,10-11H2,1H3,(H,19,22);1H. The average molecular weight is 339 g/mol. The van der Waals surface area contributed by atoms with Crippen LogP contribution < -0.4 is 10.6 Å². The second-order valence-corrected chi connectivity index (χ2v) is 6.74. The third kappa shape index (κ3) is 4.46. The van der Waals surface area contributed by atoms with Crippen molar-refractivity contribution >= 4 is 18.3 Å². The topological polar surface area (TPSA) is 61.4 Å². The number of nitrogens with one attached hydrogen (secondary N) is 2. The molecular weight excluding hydrogens is 312 g/mol. The first-order chi connectivity index (χ1) is 10.6. The van der Waals surface area contributed by atoms with Crippen molar-refractivity contribution in [1.29, 1.82) is 0 Å². The third-order valence-electron chi connectivity index (χ3n) is 5.11. The van der Waals surface area contributed by atoms with Crippen LogP contribution >= 0.6 is 12.4 Å². The molecule has 1 aromatic rings. The highest BCUT2D eigenvalue weighted by Crippen LogP contribution is 2.33. The Labute approximate surface area is 144 Å². The lowest BCUT2D eigenvalue weighted by molar-refractivity contribution is -0.123. The lowest BCUT2D eigenvalue weighted by atomic mass is 9.85. The van der Waals surface area contributed by atoms with Crippen LogP contribution in [0.3, 0.4) is 0 Å². The zero-order valence-electron chi connectivity index (χ0n) is 13.6. The Hall–Kier alpha value is -1.10. The summed E-state index contributed by atoms with van der Waals surface area (Å²) in [5.41, 5.74) is 1.96. The van der Waals surface area contributed by atoms with Gasteiger partial charge in [-0.15, -0.1) is 12.4 Å². The van der Waals surface area contributed by atoms with E-state index in [2.05, 4.69) is 10.6 Å². The average Bonchev–Trinajstić information content (AvgIpc) is 2.97. The van der Waals surface area contributed by atoms with Gasteiger partial charge in [0, 0.05) is 12.6 Å². The number of benzene rings is 1. The highest BCUT2D eigenvalue weighted by Gasteiger charge is 2.37. The molecule has 2 fully saturated rings. The summed E-state index contributed by atoms with van der Waals surface area (Å²) < 4.78 is 0. The molecule has 1 saturated heterocycles. The lowest BCUT2D eigenvalue weighted by Crippen LogP contribution is -2.42. The number of aliphatic hydroxyl groups excluding tert-OH is 1. The van der Waals surface area contributed by atoms with E-state index in [1.807, 2.05) is 24.3 Å². The summed E-state index contributed by atoms with van der Waals surface area (Å²) in [6.07, 6.45) is 5.62. The van der Waals surface area contributed by atoms with E-state index in [0.29, 0.717) is 18.5 Å². The molecule has 1 aromatic carbocycles. The SMILES string of the molecule is CC(O)c1ccc(CNC(=O)C2CC3CCCCC3N2)cc1.Cl. The van der Waals surface area contributed by atoms with E-state index in [9.17, 15) is 9.90 Å². The number of hydrogen-bond donors (Lipinski definition) is 3. The molecule has 3 N–H and O–H groups in total. The molecule has 1 saturated carbocycles. The van der Waals surface area contributed by atoms with E-state index in [0.717, 1.165) is 17.5 Å². The first-order valence-corrected chi connectivity index (χ1v) is 8.44. The third-order valence-corrected chi connectivity index (χ3v) is 5.11. The Morgan fingerprint density at radius 2 is 2.00 bits per heavy atom. The Morgan fingerprint density at radius 3 is 2.65 bits per heavy atom. The highest BCUT2D eigenvalue weighted by molar-refractivity contribution is 5.85. The van der Waals surface area contributed by atoms with Crippen molar-refractivity contribution in [1.82, 2.24) is 10.6 Å². The van der Waals surface area contributed by atoms with Gasteiger partial charge < -0.3 is 15.7 Å². The summed E-state index contributed by atoms with van der Waals surface area (Å²) in [6.45, 7) is 2.30. The summed E-state index contributed by atoms with van der Waals surface area (Å²) in [4.78, 5) is 12.3. The molecule has 1 heterocycles. The molecule has 0 aromatic heterocycles. The van der Waals surface area contributed by atoms with Gasteiger partial charge >= 0.3 is 0 Å². The van der Waals surface area contributed by atoms with Gasteiger partial charge in [-0.25, -0.2) is 0 Å². The largest absolute Gasteiger partial charge is 0.389 e. The number of rotatable bonds is 4. The minimum Gasteiger partial charge on any atom is -0.389 e. The van der Waals surface area contributed by atoms with Crippen LogP contribution in [-0.2, 0) is 11.3 Å². The number of halogens is 1. The molecule has 2 aliphatic rings. The summed E-state index contributed by atoms with van der Waals surface area (Å²) >= 11 is 0. The van der Waals surface area contributed by atoms with Crippen LogP contribution in [-0.4, -0.2) is 23.1 Å². The highest BCUT2D eigenvalue weighted by atomic mass is 35.5. The van der Waals surface area contributed by atoms with Crippen molar-refractivity contribution in [2.75, 3.05) is 0 Å². The molecule has 4 atom stereocenters. The number of hydrogen-bond acceptors (Lipinski definition) is 3. The molecule has 1 amide bonds. The second kappa shape index (κ2) is 8.13. The van der Waals surface area contributed by atoms with Crippen LogP contribution in [0.15, 0.2) is 24.3 Å². The van der Waals surface area contributed by atoms with Gasteiger partial charge in [-0.3, -0.25) is 4.79 Å². The maximum absolute atomic E-state index is 12.3. The van der Waals surface area contributed by atoms with Gasteiger partial charge in [-0.1, -0.05) is 37.1 Å². The molecular formula is C18H27ClN2O2. The molecule has 1 aliphatic carbocycles. The summed E-state index contributed by atoms with van der Waals surface area (Å²) in [6, 6.07) is 8.27. The molecule has 5 heteroatoms. The predicted molar refractivity (Wildman–Crippen MR) is 93.5 cm³/mol. The Morgan fingerprint density at radius 1 is 1.30 bits per heavy atom. The fourth-order valence-electron chi connectivity index (χ4n) is 3.75. The molecule has 128 valence electrons. The quantitative estimate of drug-likeness (QED) is 0.791. The number of amides is 1. The van der Waals surface area contributed by atoms with Gasteiger partial charge in [0.1, 0.15) is 0 Å². The van der Waals surface area contributed by atoms with Gasteiger partial charge in [0.05, 0.1) is 12.1 Å². The number of carbonyl (C=O) groups is 1. The second-order valence-electron chi connectivity index (χ2n) is 6.74. The summed E-state index contributed by atoms with van der Waals surface area (Å²) in [5.74, 6) is 0.809. The molecule has 3 rings (SSSR count). The van der Waals surface area contributed by atoms with Crippen LogP contribution in [0.5, 0.6) is 0 Å². The minimum atomic E-state index is -0.449. The first-order valence-electron chi connectivity index (χ1n) is 8.44. The predicted octanol–water partition coefficient (Wildman–Crippen LogP) is 2.70. The fourth-order valence-corrected chi connectivity index (χ4v) is 3.75. The van der Waals surface area contributed by atoms with Crippen molar-refractivity contribution in [3.63, 3.8) is 0 Å². The van der Waals surface area contributed by atoms with Gasteiger partial charge in [0.2, 0.25) is 5.91 Å². The maximum Gasteiger partial charge on any atom is 0.237 e. The number of fused-ring (bicyclic) bond motifs is 1. The van der Waals surface area contributed by atoms with Gasteiger partial charge in [0.25, 0.3) is 0 Å².